The molecule has 0 spiro atoms. The van der Waals surface area contributed by atoms with E-state index in [1.165, 1.54) is 0 Å². The average molecular weight is 469 g/mol. The first-order valence-electron chi connectivity index (χ1n) is 10.7. The topological polar surface area (TPSA) is 83.1 Å². The molecule has 0 radical (unpaired) electrons. The van der Waals surface area contributed by atoms with E-state index in [0.29, 0.717) is 18.8 Å². The number of hydrogen-bond donors (Lipinski definition) is 1. The fourth-order valence-corrected chi connectivity index (χ4v) is 8.11. The summed E-state index contributed by atoms with van der Waals surface area (Å²) in [7, 11) is -6.66. The highest BCUT2D eigenvalue weighted by Crippen LogP contribution is 2.38. The van der Waals surface area contributed by atoms with Gasteiger partial charge in [0.05, 0.1) is 29.3 Å². The van der Waals surface area contributed by atoms with E-state index in [2.05, 4.69) is 25.2 Å². The lowest BCUT2D eigenvalue weighted by Gasteiger charge is -2.36. The van der Waals surface area contributed by atoms with E-state index in [-0.39, 0.29) is 9.93 Å². The van der Waals surface area contributed by atoms with Crippen LogP contribution in [0.5, 0.6) is 0 Å². The Hall–Kier alpha value is -0.748. The first kappa shape index (κ1) is 24.9. The predicted molar refractivity (Wildman–Crippen MR) is 124 cm³/mol. The average Bonchev–Trinajstić information content (AvgIpc) is 3.19. The van der Waals surface area contributed by atoms with Crippen molar-refractivity contribution in [2.24, 2.45) is 0 Å². The largest absolute Gasteiger partial charge is 0.495 e. The summed E-state index contributed by atoms with van der Waals surface area (Å²) in [6.45, 7) is 19.1. The maximum atomic E-state index is 13.3. The minimum atomic E-state index is -3.72. The number of nitrogens with one attached hydrogen (secondary N) is 1. The zero-order valence-electron chi connectivity index (χ0n) is 20.2. The minimum Gasteiger partial charge on any atom is -0.399 e. The van der Waals surface area contributed by atoms with Crippen LogP contribution >= 0.6 is 0 Å². The smallest absolute Gasteiger partial charge is 0.399 e. The van der Waals surface area contributed by atoms with Gasteiger partial charge in [0.25, 0.3) is 0 Å². The third kappa shape index (κ3) is 4.80. The molecule has 3 rings (SSSR count). The van der Waals surface area contributed by atoms with E-state index < -0.39 is 42.9 Å². The van der Waals surface area contributed by atoms with Crippen molar-refractivity contribution in [3.63, 3.8) is 0 Å². The molecule has 1 N–H and O–H groups in total. The van der Waals surface area contributed by atoms with Crippen LogP contribution in [0.4, 0.5) is 0 Å². The molecule has 0 amide bonds. The van der Waals surface area contributed by atoms with Gasteiger partial charge in [0.15, 0.2) is 6.29 Å². The Morgan fingerprint density at radius 1 is 1.03 bits per heavy atom. The normalized spacial score (nSPS) is 22.3. The lowest BCUT2D eigenvalue weighted by atomic mass is 9.75. The molecule has 0 aliphatic carbocycles. The summed E-state index contributed by atoms with van der Waals surface area (Å²) in [5.74, 6) is 0. The molecule has 7 nitrogen and oxygen atoms in total. The second-order valence-corrected chi connectivity index (χ2v) is 18.0. The zero-order chi connectivity index (χ0) is 23.5. The lowest BCUT2D eigenvalue weighted by molar-refractivity contribution is -0.0436. The summed E-state index contributed by atoms with van der Waals surface area (Å²) in [6.07, 6.45) is -0.656. The Morgan fingerprint density at radius 3 is 2.03 bits per heavy atom. The van der Waals surface area contributed by atoms with Gasteiger partial charge >= 0.3 is 7.12 Å². The quantitative estimate of drug-likeness (QED) is 0.667. The maximum Gasteiger partial charge on any atom is 0.495 e. The fourth-order valence-electron chi connectivity index (χ4n) is 3.19. The van der Waals surface area contributed by atoms with E-state index in [1.54, 1.807) is 18.2 Å². The SMILES string of the molecule is CC1(C)OB(c2ccc(S(=O)(=O)N[Si](C)(C)C(C)(C)C)cc2C2OCCO2)OC1(C)C. The minimum absolute atomic E-state index is 0.136. The van der Waals surface area contributed by atoms with E-state index >= 15 is 0 Å². The molecular weight excluding hydrogens is 433 g/mol. The third-order valence-electron chi connectivity index (χ3n) is 7.02. The lowest BCUT2D eigenvalue weighted by Crippen LogP contribution is -2.54. The Bertz CT molecular complexity index is 920. The van der Waals surface area contributed by atoms with Gasteiger partial charge in [0, 0.05) is 5.56 Å². The van der Waals surface area contributed by atoms with E-state index in [4.69, 9.17) is 18.8 Å². The van der Waals surface area contributed by atoms with Crippen LogP contribution in [0.1, 0.15) is 60.3 Å². The molecule has 31 heavy (non-hydrogen) atoms. The van der Waals surface area contributed by atoms with Crippen molar-refractivity contribution in [3.05, 3.63) is 23.8 Å². The predicted octanol–water partition coefficient (Wildman–Crippen LogP) is 3.31. The van der Waals surface area contributed by atoms with Crippen LogP contribution in [0.2, 0.25) is 18.1 Å². The van der Waals surface area contributed by atoms with Gasteiger partial charge in [-0.2, -0.15) is 0 Å². The highest BCUT2D eigenvalue weighted by Gasteiger charge is 2.52. The van der Waals surface area contributed by atoms with Crippen LogP contribution in [0.25, 0.3) is 0 Å². The van der Waals surface area contributed by atoms with Crippen LogP contribution in [0, 0.1) is 0 Å². The highest BCUT2D eigenvalue weighted by molar-refractivity contribution is 7.91. The number of hydrogen-bond acceptors (Lipinski definition) is 6. The second-order valence-electron chi connectivity index (χ2n) is 10.9. The number of benzene rings is 1. The van der Waals surface area contributed by atoms with E-state index in [9.17, 15) is 8.42 Å². The Kier molecular flexibility index (Phi) is 6.37. The number of rotatable bonds is 5. The van der Waals surface area contributed by atoms with Crippen molar-refractivity contribution in [3.8, 4) is 0 Å². The summed E-state index contributed by atoms with van der Waals surface area (Å²) in [6, 6.07) is 4.99. The second kappa shape index (κ2) is 7.93. The Balaban J connectivity index is 2.01. The van der Waals surface area contributed by atoms with Gasteiger partial charge in [-0.25, -0.2) is 12.8 Å². The molecule has 2 fully saturated rings. The zero-order valence-corrected chi connectivity index (χ0v) is 22.0. The monoisotopic (exact) mass is 469 g/mol. The number of sulfonamides is 1. The van der Waals surface area contributed by atoms with E-state index in [1.807, 2.05) is 40.8 Å². The van der Waals surface area contributed by atoms with Crippen LogP contribution in [0.15, 0.2) is 23.1 Å². The summed E-state index contributed by atoms with van der Waals surface area (Å²) in [5.41, 5.74) is 0.313. The van der Waals surface area contributed by atoms with Gasteiger partial charge in [-0.15, -0.1) is 0 Å². The van der Waals surface area contributed by atoms with Crippen molar-refractivity contribution >= 4 is 30.8 Å². The van der Waals surface area contributed by atoms with Crippen molar-refractivity contribution in [2.45, 2.75) is 89.0 Å². The summed E-state index contributed by atoms with van der Waals surface area (Å²) >= 11 is 0. The molecule has 0 aromatic heterocycles. The molecule has 0 bridgehead atoms. The van der Waals surface area contributed by atoms with E-state index in [0.717, 1.165) is 5.46 Å². The van der Waals surface area contributed by atoms with Crippen molar-refractivity contribution < 1.29 is 27.2 Å². The molecule has 2 aliphatic rings. The first-order valence-corrected chi connectivity index (χ1v) is 15.2. The van der Waals surface area contributed by atoms with Gasteiger partial charge in [-0.1, -0.05) is 39.9 Å². The third-order valence-corrected chi connectivity index (χ3v) is 14.8. The van der Waals surface area contributed by atoms with Gasteiger partial charge in [0.2, 0.25) is 10.0 Å². The molecule has 1 aromatic carbocycles. The highest BCUT2D eigenvalue weighted by atomic mass is 32.2. The van der Waals surface area contributed by atoms with Crippen LogP contribution < -0.4 is 9.85 Å². The molecule has 10 heteroatoms. The molecule has 174 valence electrons. The molecular formula is C21H36BNO6SSi. The summed E-state index contributed by atoms with van der Waals surface area (Å²) < 4.78 is 53.4. The summed E-state index contributed by atoms with van der Waals surface area (Å²) in [4.78, 5) is 0.187. The van der Waals surface area contributed by atoms with Gasteiger partial charge in [0.1, 0.15) is 8.24 Å². The molecule has 2 aliphatic heterocycles. The molecule has 1 aromatic rings. The fraction of sp³-hybridized carbons (Fsp3) is 0.714. The Morgan fingerprint density at radius 2 is 1.55 bits per heavy atom. The molecule has 2 heterocycles. The molecule has 2 saturated heterocycles. The maximum absolute atomic E-state index is 13.3. The standard InChI is InChI=1S/C21H36BNO6SSi/c1-19(2,3)31(8,9)23-30(24,25)15-10-11-17(16(14-15)18-26-12-13-27-18)22-28-20(4,5)21(6,7)29-22/h10-11,14,18,23H,12-13H2,1-9H3. The van der Waals surface area contributed by atoms with Gasteiger partial charge in [-0.05, 0) is 50.3 Å². The number of ether oxygens (including phenoxy) is 2. The molecule has 0 saturated carbocycles. The van der Waals surface area contributed by atoms with Gasteiger partial charge < -0.3 is 18.8 Å². The first-order chi connectivity index (χ1) is 14.0. The molecule has 0 unspecified atom stereocenters. The van der Waals surface area contributed by atoms with Crippen molar-refractivity contribution in [1.82, 2.24) is 4.39 Å². The van der Waals surface area contributed by atoms with Crippen LogP contribution in [0.3, 0.4) is 0 Å². The Labute approximate surface area is 188 Å². The van der Waals surface area contributed by atoms with Gasteiger partial charge in [-0.3, -0.25) is 0 Å². The van der Waals surface area contributed by atoms with Crippen LogP contribution in [-0.4, -0.2) is 48.2 Å². The summed E-state index contributed by atoms with van der Waals surface area (Å²) in [5, 5.41) is -0.136. The van der Waals surface area contributed by atoms with Crippen molar-refractivity contribution in [2.75, 3.05) is 13.2 Å². The van der Waals surface area contributed by atoms with Crippen molar-refractivity contribution in [1.29, 1.82) is 0 Å². The van der Waals surface area contributed by atoms with Crippen LogP contribution in [-0.2, 0) is 28.8 Å². The molecule has 0 atom stereocenters.